The van der Waals surface area contributed by atoms with E-state index in [2.05, 4.69) is 10.1 Å². The molecule has 0 saturated heterocycles. The lowest BCUT2D eigenvalue weighted by molar-refractivity contribution is 0.881. The molecule has 2 aromatic rings. The standard InChI is InChI=1S/C11H10Cl2N4/c12-7-11(14)16-8-2-3-10(9(13)6-8)17-5-1-4-15-17/h1-6H,7H2,(H2,14,16). The fourth-order valence-corrected chi connectivity index (χ4v) is 1.68. The number of halogens is 2. The van der Waals surface area contributed by atoms with Crippen LogP contribution in [0.25, 0.3) is 5.69 Å². The molecule has 2 rings (SSSR count). The molecule has 0 unspecified atom stereocenters. The van der Waals surface area contributed by atoms with Crippen molar-refractivity contribution in [3.05, 3.63) is 41.7 Å². The van der Waals surface area contributed by atoms with Gasteiger partial charge in [-0.3, -0.25) is 0 Å². The number of hydrogen-bond donors (Lipinski definition) is 1. The summed E-state index contributed by atoms with van der Waals surface area (Å²) in [5.74, 6) is 0.549. The topological polar surface area (TPSA) is 56.2 Å². The quantitative estimate of drug-likeness (QED) is 0.529. The Morgan fingerprint density at radius 1 is 1.47 bits per heavy atom. The molecule has 1 aromatic heterocycles. The van der Waals surface area contributed by atoms with Crippen LogP contribution in [0.3, 0.4) is 0 Å². The van der Waals surface area contributed by atoms with Crippen molar-refractivity contribution in [1.82, 2.24) is 9.78 Å². The minimum absolute atomic E-state index is 0.193. The number of aromatic nitrogens is 2. The molecule has 0 radical (unpaired) electrons. The fourth-order valence-electron chi connectivity index (χ4n) is 1.36. The highest BCUT2D eigenvalue weighted by Crippen LogP contribution is 2.25. The summed E-state index contributed by atoms with van der Waals surface area (Å²) < 4.78 is 1.68. The molecule has 1 heterocycles. The minimum atomic E-state index is 0.193. The summed E-state index contributed by atoms with van der Waals surface area (Å²) in [6, 6.07) is 7.18. The number of nitrogens with two attached hydrogens (primary N) is 1. The summed E-state index contributed by atoms with van der Waals surface area (Å²) in [5, 5.41) is 4.66. The Kier molecular flexibility index (Phi) is 3.66. The SMILES string of the molecule is NC(CCl)=Nc1ccc(-n2cccn2)c(Cl)c1. The molecule has 17 heavy (non-hydrogen) atoms. The summed E-state index contributed by atoms with van der Waals surface area (Å²) in [6.07, 6.45) is 3.51. The van der Waals surface area contributed by atoms with Gasteiger partial charge >= 0.3 is 0 Å². The molecular formula is C11H10Cl2N4. The monoisotopic (exact) mass is 268 g/mol. The van der Waals surface area contributed by atoms with E-state index in [0.29, 0.717) is 16.5 Å². The summed E-state index contributed by atoms with van der Waals surface area (Å²) in [5.41, 5.74) is 7.01. The van der Waals surface area contributed by atoms with Gasteiger partial charge in [0.05, 0.1) is 22.3 Å². The number of hydrogen-bond acceptors (Lipinski definition) is 2. The third kappa shape index (κ3) is 2.78. The first-order valence-corrected chi connectivity index (χ1v) is 5.80. The lowest BCUT2D eigenvalue weighted by Gasteiger charge is -2.05. The van der Waals surface area contributed by atoms with Crippen LogP contribution in [0.1, 0.15) is 0 Å². The molecule has 0 amide bonds. The Labute approximate surface area is 109 Å². The second-order valence-corrected chi connectivity index (χ2v) is 4.00. The van der Waals surface area contributed by atoms with E-state index in [9.17, 15) is 0 Å². The van der Waals surface area contributed by atoms with Gasteiger partial charge in [-0.05, 0) is 24.3 Å². The van der Waals surface area contributed by atoms with Crippen molar-refractivity contribution < 1.29 is 0 Å². The maximum absolute atomic E-state index is 6.14. The molecule has 0 aliphatic rings. The first-order valence-electron chi connectivity index (χ1n) is 4.89. The van der Waals surface area contributed by atoms with E-state index >= 15 is 0 Å². The highest BCUT2D eigenvalue weighted by molar-refractivity contribution is 6.32. The van der Waals surface area contributed by atoms with E-state index in [0.717, 1.165) is 5.69 Å². The van der Waals surface area contributed by atoms with Gasteiger partial charge in [0.25, 0.3) is 0 Å². The summed E-state index contributed by atoms with van der Waals surface area (Å²) in [6.45, 7) is 0. The Bertz CT molecular complexity index is 534. The number of alkyl halides is 1. The van der Waals surface area contributed by atoms with Crippen LogP contribution in [0.4, 0.5) is 5.69 Å². The molecule has 0 aliphatic heterocycles. The van der Waals surface area contributed by atoms with Crippen molar-refractivity contribution >= 4 is 34.7 Å². The van der Waals surface area contributed by atoms with Crippen LogP contribution in [-0.4, -0.2) is 21.5 Å². The van der Waals surface area contributed by atoms with E-state index in [1.807, 2.05) is 24.4 Å². The molecule has 0 spiro atoms. The van der Waals surface area contributed by atoms with Crippen LogP contribution in [0, 0.1) is 0 Å². The highest BCUT2D eigenvalue weighted by atomic mass is 35.5. The molecule has 88 valence electrons. The number of amidine groups is 1. The van der Waals surface area contributed by atoms with Gasteiger partial charge in [0.2, 0.25) is 0 Å². The van der Waals surface area contributed by atoms with Crippen molar-refractivity contribution in [3.63, 3.8) is 0 Å². The maximum Gasteiger partial charge on any atom is 0.115 e. The molecule has 0 atom stereocenters. The average Bonchev–Trinajstić information content (AvgIpc) is 2.82. The van der Waals surface area contributed by atoms with Crippen molar-refractivity contribution in [2.45, 2.75) is 0 Å². The predicted molar refractivity (Wildman–Crippen MR) is 70.6 cm³/mol. The zero-order chi connectivity index (χ0) is 12.3. The molecule has 1 aromatic carbocycles. The average molecular weight is 269 g/mol. The van der Waals surface area contributed by atoms with E-state index < -0.39 is 0 Å². The van der Waals surface area contributed by atoms with Crippen LogP contribution >= 0.6 is 23.2 Å². The fraction of sp³-hybridized carbons (Fsp3) is 0.0909. The first kappa shape index (κ1) is 12.0. The van der Waals surface area contributed by atoms with E-state index in [1.165, 1.54) is 0 Å². The zero-order valence-corrected chi connectivity index (χ0v) is 10.4. The largest absolute Gasteiger partial charge is 0.386 e. The predicted octanol–water partition coefficient (Wildman–Crippen LogP) is 2.75. The lowest BCUT2D eigenvalue weighted by atomic mass is 10.3. The lowest BCUT2D eigenvalue weighted by Crippen LogP contribution is -2.12. The summed E-state index contributed by atoms with van der Waals surface area (Å²) in [4.78, 5) is 4.11. The number of aliphatic imine (C=N–C) groups is 1. The Morgan fingerprint density at radius 3 is 2.88 bits per heavy atom. The first-order chi connectivity index (χ1) is 8.20. The Hall–Kier alpha value is -1.52. The summed E-state index contributed by atoms with van der Waals surface area (Å²) >= 11 is 11.7. The third-order valence-electron chi connectivity index (χ3n) is 2.09. The number of benzene rings is 1. The van der Waals surface area contributed by atoms with Crippen LogP contribution in [0.15, 0.2) is 41.7 Å². The second kappa shape index (κ2) is 5.21. The van der Waals surface area contributed by atoms with Crippen LogP contribution in [0.5, 0.6) is 0 Å². The molecular weight excluding hydrogens is 259 g/mol. The van der Waals surface area contributed by atoms with Gasteiger partial charge in [-0.25, -0.2) is 9.67 Å². The van der Waals surface area contributed by atoms with E-state index in [4.69, 9.17) is 28.9 Å². The van der Waals surface area contributed by atoms with E-state index in [-0.39, 0.29) is 5.88 Å². The van der Waals surface area contributed by atoms with Gasteiger partial charge < -0.3 is 5.73 Å². The van der Waals surface area contributed by atoms with Crippen LogP contribution in [-0.2, 0) is 0 Å². The molecule has 0 saturated carbocycles. The molecule has 0 aliphatic carbocycles. The molecule has 0 bridgehead atoms. The van der Waals surface area contributed by atoms with Gasteiger partial charge in [0.1, 0.15) is 5.84 Å². The van der Waals surface area contributed by atoms with Gasteiger partial charge in [0, 0.05) is 12.4 Å². The zero-order valence-electron chi connectivity index (χ0n) is 8.85. The second-order valence-electron chi connectivity index (χ2n) is 3.32. The molecule has 4 nitrogen and oxygen atoms in total. The van der Waals surface area contributed by atoms with Crippen LogP contribution in [0.2, 0.25) is 5.02 Å². The number of rotatable bonds is 3. The normalized spacial score (nSPS) is 11.8. The van der Waals surface area contributed by atoms with Gasteiger partial charge in [0.15, 0.2) is 0 Å². The maximum atomic E-state index is 6.14. The van der Waals surface area contributed by atoms with Gasteiger partial charge in [-0.15, -0.1) is 11.6 Å². The van der Waals surface area contributed by atoms with Gasteiger partial charge in [-0.2, -0.15) is 5.10 Å². The third-order valence-corrected chi connectivity index (χ3v) is 2.67. The van der Waals surface area contributed by atoms with Crippen molar-refractivity contribution in [3.8, 4) is 5.69 Å². The summed E-state index contributed by atoms with van der Waals surface area (Å²) in [7, 11) is 0. The van der Waals surface area contributed by atoms with E-state index in [1.54, 1.807) is 16.9 Å². The Morgan fingerprint density at radius 2 is 2.29 bits per heavy atom. The molecule has 0 fully saturated rings. The minimum Gasteiger partial charge on any atom is -0.386 e. The van der Waals surface area contributed by atoms with Crippen LogP contribution < -0.4 is 5.73 Å². The van der Waals surface area contributed by atoms with Crippen molar-refractivity contribution in [1.29, 1.82) is 0 Å². The van der Waals surface area contributed by atoms with Gasteiger partial charge in [-0.1, -0.05) is 11.6 Å². The Balaban J connectivity index is 2.36. The number of nitrogens with zero attached hydrogens (tertiary/aromatic N) is 3. The molecule has 6 heteroatoms. The highest BCUT2D eigenvalue weighted by Gasteiger charge is 2.04. The smallest absolute Gasteiger partial charge is 0.115 e. The van der Waals surface area contributed by atoms with Crippen molar-refractivity contribution in [2.75, 3.05) is 5.88 Å². The molecule has 2 N–H and O–H groups in total. The van der Waals surface area contributed by atoms with Crippen molar-refractivity contribution in [2.24, 2.45) is 10.7 Å².